The van der Waals surface area contributed by atoms with E-state index < -0.39 is 0 Å². The Morgan fingerprint density at radius 3 is 2.92 bits per heavy atom. The van der Waals surface area contributed by atoms with E-state index in [9.17, 15) is 0 Å². The predicted octanol–water partition coefficient (Wildman–Crippen LogP) is 1.22. The van der Waals surface area contributed by atoms with Gasteiger partial charge in [-0.2, -0.15) is 4.98 Å². The normalized spacial score (nSPS) is 10.8. The first-order chi connectivity index (χ1) is 5.66. The monoisotopic (exact) mass is 274 g/mol. The Labute approximate surface area is 83.0 Å². The molecule has 0 fully saturated rings. The standard InChI is InChI=1S/C7H7IN4/c1-4-2-12-3-5(8)10-7(12)11-6(4)9/h2-3H,1H3,(H2,9,10,11). The van der Waals surface area contributed by atoms with Gasteiger partial charge in [0.25, 0.3) is 0 Å². The number of imidazole rings is 1. The number of halogens is 1. The summed E-state index contributed by atoms with van der Waals surface area (Å²) >= 11 is 2.14. The molecule has 0 radical (unpaired) electrons. The summed E-state index contributed by atoms with van der Waals surface area (Å²) in [6.07, 6.45) is 3.84. The largest absolute Gasteiger partial charge is 0.383 e. The lowest BCUT2D eigenvalue weighted by molar-refractivity contribution is 1.09. The summed E-state index contributed by atoms with van der Waals surface area (Å²) in [5, 5.41) is 0. The van der Waals surface area contributed by atoms with E-state index in [4.69, 9.17) is 5.73 Å². The molecular weight excluding hydrogens is 267 g/mol. The molecule has 5 heteroatoms. The highest BCUT2D eigenvalue weighted by molar-refractivity contribution is 14.1. The number of rotatable bonds is 0. The fraction of sp³-hybridized carbons (Fsp3) is 0.143. The number of hydrogen-bond donors (Lipinski definition) is 1. The lowest BCUT2D eigenvalue weighted by Gasteiger charge is -1.98. The Morgan fingerprint density at radius 1 is 1.42 bits per heavy atom. The van der Waals surface area contributed by atoms with Crippen molar-refractivity contribution in [2.75, 3.05) is 5.73 Å². The lowest BCUT2D eigenvalue weighted by Crippen LogP contribution is -1.97. The summed E-state index contributed by atoms with van der Waals surface area (Å²) in [5.41, 5.74) is 6.60. The Morgan fingerprint density at radius 2 is 2.17 bits per heavy atom. The van der Waals surface area contributed by atoms with Gasteiger partial charge in [-0.05, 0) is 29.5 Å². The zero-order valence-electron chi connectivity index (χ0n) is 6.45. The fourth-order valence-corrected chi connectivity index (χ4v) is 1.52. The van der Waals surface area contributed by atoms with E-state index >= 15 is 0 Å². The average Bonchev–Trinajstić information content (AvgIpc) is 2.30. The fourth-order valence-electron chi connectivity index (χ4n) is 1.00. The maximum atomic E-state index is 5.63. The van der Waals surface area contributed by atoms with Crippen molar-refractivity contribution in [1.29, 1.82) is 0 Å². The van der Waals surface area contributed by atoms with E-state index in [0.29, 0.717) is 11.6 Å². The minimum atomic E-state index is 0.546. The van der Waals surface area contributed by atoms with Gasteiger partial charge in [-0.3, -0.25) is 4.40 Å². The van der Waals surface area contributed by atoms with Gasteiger partial charge in [-0.1, -0.05) is 0 Å². The van der Waals surface area contributed by atoms with Crippen LogP contribution >= 0.6 is 22.6 Å². The summed E-state index contributed by atoms with van der Waals surface area (Å²) in [6.45, 7) is 1.93. The third-order valence-corrected chi connectivity index (χ3v) is 2.16. The summed E-state index contributed by atoms with van der Waals surface area (Å²) in [7, 11) is 0. The van der Waals surface area contributed by atoms with Crippen molar-refractivity contribution in [3.63, 3.8) is 0 Å². The molecule has 4 nitrogen and oxygen atoms in total. The number of aromatic nitrogens is 3. The first-order valence-electron chi connectivity index (χ1n) is 3.44. The molecule has 0 aliphatic carbocycles. The molecule has 2 aromatic rings. The first-order valence-corrected chi connectivity index (χ1v) is 4.52. The SMILES string of the molecule is Cc1cn2cc(I)nc2nc1N. The summed E-state index contributed by atoms with van der Waals surface area (Å²) in [6, 6.07) is 0. The van der Waals surface area contributed by atoms with Crippen molar-refractivity contribution >= 4 is 34.2 Å². The summed E-state index contributed by atoms with van der Waals surface area (Å²) < 4.78 is 2.79. The van der Waals surface area contributed by atoms with Crippen molar-refractivity contribution in [1.82, 2.24) is 14.4 Å². The van der Waals surface area contributed by atoms with Crippen LogP contribution in [0.1, 0.15) is 5.56 Å². The average molecular weight is 274 g/mol. The summed E-state index contributed by atoms with van der Waals surface area (Å²) in [5.74, 6) is 1.20. The molecule has 0 spiro atoms. The van der Waals surface area contributed by atoms with E-state index in [1.54, 1.807) is 0 Å². The van der Waals surface area contributed by atoms with Crippen LogP contribution in [0.15, 0.2) is 12.4 Å². The van der Waals surface area contributed by atoms with Crippen molar-refractivity contribution < 1.29 is 0 Å². The molecule has 12 heavy (non-hydrogen) atoms. The van der Waals surface area contributed by atoms with E-state index in [1.807, 2.05) is 23.7 Å². The summed E-state index contributed by atoms with van der Waals surface area (Å²) in [4.78, 5) is 8.29. The van der Waals surface area contributed by atoms with Crippen LogP contribution < -0.4 is 5.73 Å². The van der Waals surface area contributed by atoms with Gasteiger partial charge in [-0.25, -0.2) is 4.98 Å². The van der Waals surface area contributed by atoms with Crippen molar-refractivity contribution in [3.8, 4) is 0 Å². The van der Waals surface area contributed by atoms with Gasteiger partial charge in [-0.15, -0.1) is 0 Å². The van der Waals surface area contributed by atoms with Crippen LogP contribution in [0, 0.1) is 10.6 Å². The molecule has 0 amide bonds. The van der Waals surface area contributed by atoms with Gasteiger partial charge in [0.2, 0.25) is 5.78 Å². The molecule has 0 saturated carbocycles. The second kappa shape index (κ2) is 2.58. The van der Waals surface area contributed by atoms with E-state index in [2.05, 4.69) is 32.6 Å². The molecule has 0 aliphatic heterocycles. The van der Waals surface area contributed by atoms with Crippen molar-refractivity contribution in [2.24, 2.45) is 0 Å². The number of nitrogens with zero attached hydrogens (tertiary/aromatic N) is 3. The zero-order chi connectivity index (χ0) is 8.72. The van der Waals surface area contributed by atoms with E-state index in [-0.39, 0.29) is 0 Å². The van der Waals surface area contributed by atoms with Gasteiger partial charge in [0, 0.05) is 18.0 Å². The number of hydrogen-bond acceptors (Lipinski definition) is 3. The number of fused-ring (bicyclic) bond motifs is 1. The highest BCUT2D eigenvalue weighted by Crippen LogP contribution is 2.10. The van der Waals surface area contributed by atoms with Gasteiger partial charge >= 0.3 is 0 Å². The second-order valence-corrected chi connectivity index (χ2v) is 3.69. The molecule has 0 unspecified atom stereocenters. The van der Waals surface area contributed by atoms with Crippen LogP contribution in [0.25, 0.3) is 5.78 Å². The number of aryl methyl sites for hydroxylation is 1. The molecule has 2 rings (SSSR count). The molecule has 2 N–H and O–H groups in total. The van der Waals surface area contributed by atoms with E-state index in [0.717, 1.165) is 9.26 Å². The number of nitrogen functional groups attached to an aromatic ring is 1. The van der Waals surface area contributed by atoms with Crippen LogP contribution in [-0.2, 0) is 0 Å². The Hall–Kier alpha value is -0.850. The molecule has 2 heterocycles. The van der Waals surface area contributed by atoms with Crippen molar-refractivity contribution in [3.05, 3.63) is 21.7 Å². The molecule has 0 atom stereocenters. The van der Waals surface area contributed by atoms with Gasteiger partial charge in [0.15, 0.2) is 0 Å². The second-order valence-electron chi connectivity index (χ2n) is 2.58. The third kappa shape index (κ3) is 1.13. The third-order valence-electron chi connectivity index (χ3n) is 1.64. The van der Waals surface area contributed by atoms with Gasteiger partial charge < -0.3 is 5.73 Å². The smallest absolute Gasteiger partial charge is 0.236 e. The molecule has 0 saturated heterocycles. The van der Waals surface area contributed by atoms with Crippen LogP contribution in [0.3, 0.4) is 0 Å². The molecule has 0 aliphatic rings. The maximum Gasteiger partial charge on any atom is 0.236 e. The van der Waals surface area contributed by atoms with Gasteiger partial charge in [0.1, 0.15) is 9.52 Å². The molecule has 2 aromatic heterocycles. The van der Waals surface area contributed by atoms with Crippen molar-refractivity contribution in [2.45, 2.75) is 6.92 Å². The van der Waals surface area contributed by atoms with Crippen LogP contribution in [-0.4, -0.2) is 14.4 Å². The Balaban J connectivity index is 2.83. The van der Waals surface area contributed by atoms with Crippen LogP contribution in [0.4, 0.5) is 5.82 Å². The number of nitrogens with two attached hydrogens (primary N) is 1. The molecule has 0 aromatic carbocycles. The predicted molar refractivity (Wildman–Crippen MR) is 54.9 cm³/mol. The minimum absolute atomic E-state index is 0.546. The number of anilines is 1. The topological polar surface area (TPSA) is 56.2 Å². The van der Waals surface area contributed by atoms with Crippen LogP contribution in [0.2, 0.25) is 0 Å². The highest BCUT2D eigenvalue weighted by Gasteiger charge is 2.02. The van der Waals surface area contributed by atoms with E-state index in [1.165, 1.54) is 0 Å². The quantitative estimate of drug-likeness (QED) is 0.735. The molecular formula is C7H7IN4. The van der Waals surface area contributed by atoms with Gasteiger partial charge in [0.05, 0.1) is 0 Å². The first kappa shape index (κ1) is 7.78. The molecule has 0 bridgehead atoms. The maximum absolute atomic E-state index is 5.63. The molecule has 62 valence electrons. The minimum Gasteiger partial charge on any atom is -0.383 e. The zero-order valence-corrected chi connectivity index (χ0v) is 8.61. The Bertz CT molecular complexity index is 395. The Kier molecular flexibility index (Phi) is 1.67. The van der Waals surface area contributed by atoms with Crippen LogP contribution in [0.5, 0.6) is 0 Å². The highest BCUT2D eigenvalue weighted by atomic mass is 127. The lowest BCUT2D eigenvalue weighted by atomic mass is 10.3.